The molecule has 0 bridgehead atoms. The monoisotopic (exact) mass is 583 g/mol. The Morgan fingerprint density at radius 1 is 0.952 bits per heavy atom. The van der Waals surface area contributed by atoms with Crippen molar-refractivity contribution in [3.63, 3.8) is 0 Å². The third-order valence-electron chi connectivity index (χ3n) is 8.14. The molecule has 4 heterocycles. The maximum Gasteiger partial charge on any atom is 0.437 e. The van der Waals surface area contributed by atoms with Crippen molar-refractivity contribution >= 4 is 23.7 Å². The van der Waals surface area contributed by atoms with Crippen LogP contribution in [0.2, 0.25) is 0 Å². The van der Waals surface area contributed by atoms with Crippen LogP contribution in [0.4, 0.5) is 29.8 Å². The highest BCUT2D eigenvalue weighted by Crippen LogP contribution is 2.36. The average molecular weight is 584 g/mol. The van der Waals surface area contributed by atoms with Gasteiger partial charge in [-0.15, -0.1) is 0 Å². The molecule has 2 fully saturated rings. The summed E-state index contributed by atoms with van der Waals surface area (Å²) in [6.45, 7) is 2.94. The molecule has 6 rings (SSSR count). The van der Waals surface area contributed by atoms with Gasteiger partial charge in [-0.25, -0.2) is 9.78 Å². The van der Waals surface area contributed by atoms with E-state index in [2.05, 4.69) is 9.97 Å². The van der Waals surface area contributed by atoms with Gasteiger partial charge in [0.15, 0.2) is 5.69 Å². The van der Waals surface area contributed by atoms with Crippen molar-refractivity contribution in [3.05, 3.63) is 70.7 Å². The molecular formula is C30H32F3N5O4. The van der Waals surface area contributed by atoms with Crippen LogP contribution in [0.25, 0.3) is 0 Å². The number of hydrogen-bond acceptors (Lipinski definition) is 8. The zero-order valence-corrected chi connectivity index (χ0v) is 23.1. The Bertz CT molecular complexity index is 1430. The third-order valence-corrected chi connectivity index (χ3v) is 8.14. The van der Waals surface area contributed by atoms with Gasteiger partial charge in [0.05, 0.1) is 0 Å². The van der Waals surface area contributed by atoms with Crippen LogP contribution in [0, 0.1) is 0 Å². The fraction of sp³-hybridized carbons (Fsp3) is 0.467. The van der Waals surface area contributed by atoms with Gasteiger partial charge in [-0.2, -0.15) is 18.2 Å². The number of amides is 1. The summed E-state index contributed by atoms with van der Waals surface area (Å²) < 4.78 is 52.7. The van der Waals surface area contributed by atoms with Crippen LogP contribution in [0.1, 0.15) is 58.6 Å². The Hall–Kier alpha value is -4.09. The number of pyridine rings is 1. The highest BCUT2D eigenvalue weighted by atomic mass is 19.4. The minimum absolute atomic E-state index is 0.0190. The second-order valence-electron chi connectivity index (χ2n) is 11.0. The minimum atomic E-state index is -4.84. The summed E-state index contributed by atoms with van der Waals surface area (Å²) in [7, 11) is 0. The molecule has 2 aromatic heterocycles. The smallest absolute Gasteiger partial charge is 0.437 e. The van der Waals surface area contributed by atoms with E-state index >= 15 is 0 Å². The molecule has 222 valence electrons. The summed E-state index contributed by atoms with van der Waals surface area (Å²) in [6.07, 6.45) is 0.753. The van der Waals surface area contributed by atoms with Crippen LogP contribution in [-0.4, -0.2) is 65.6 Å². The van der Waals surface area contributed by atoms with E-state index in [0.29, 0.717) is 57.1 Å². The lowest BCUT2D eigenvalue weighted by Crippen LogP contribution is -2.49. The number of carbonyl (C=O) groups excluding carboxylic acids is 2. The number of alkyl halides is 3. The van der Waals surface area contributed by atoms with E-state index < -0.39 is 23.4 Å². The van der Waals surface area contributed by atoms with Crippen LogP contribution >= 0.6 is 0 Å². The minimum Gasteiger partial charge on any atom is -0.446 e. The lowest BCUT2D eigenvalue weighted by Gasteiger charge is -2.35. The van der Waals surface area contributed by atoms with Crippen molar-refractivity contribution in [1.82, 2.24) is 14.9 Å². The first kappa shape index (κ1) is 28.0. The van der Waals surface area contributed by atoms with E-state index in [1.807, 2.05) is 29.2 Å². The number of halogens is 3. The van der Waals surface area contributed by atoms with Gasteiger partial charge in [0.2, 0.25) is 11.5 Å². The van der Waals surface area contributed by atoms with Crippen LogP contribution < -0.4 is 9.80 Å². The second kappa shape index (κ2) is 11.7. The molecule has 0 atom stereocenters. The van der Waals surface area contributed by atoms with Crippen molar-refractivity contribution in [2.75, 3.05) is 42.5 Å². The van der Waals surface area contributed by atoms with Gasteiger partial charge >= 0.3 is 12.3 Å². The number of fused-ring (bicyclic) bond motifs is 1. The fourth-order valence-corrected chi connectivity index (χ4v) is 5.80. The molecule has 42 heavy (non-hydrogen) atoms. The largest absolute Gasteiger partial charge is 0.446 e. The second-order valence-corrected chi connectivity index (χ2v) is 11.0. The number of anilines is 2. The lowest BCUT2D eigenvalue weighted by atomic mass is 10.0. The molecule has 0 radical (unpaired) electrons. The number of ether oxygens (including phenoxy) is 1. The fourth-order valence-electron chi connectivity index (χ4n) is 5.80. The third kappa shape index (κ3) is 6.07. The normalized spacial score (nSPS) is 17.8. The van der Waals surface area contributed by atoms with Crippen molar-refractivity contribution in [1.29, 1.82) is 0 Å². The maximum atomic E-state index is 13.9. The van der Waals surface area contributed by atoms with E-state index in [1.54, 1.807) is 21.9 Å². The van der Waals surface area contributed by atoms with Crippen molar-refractivity contribution in [3.8, 4) is 0 Å². The predicted molar refractivity (Wildman–Crippen MR) is 147 cm³/mol. The van der Waals surface area contributed by atoms with E-state index in [-0.39, 0.29) is 24.6 Å². The highest BCUT2D eigenvalue weighted by Gasteiger charge is 2.42. The molecule has 1 aliphatic carbocycles. The molecular weight excluding hydrogens is 551 g/mol. The predicted octanol–water partition coefficient (Wildman–Crippen LogP) is 5.28. The van der Waals surface area contributed by atoms with Gasteiger partial charge in [-0.3, -0.25) is 4.79 Å². The molecule has 1 saturated carbocycles. The summed E-state index contributed by atoms with van der Waals surface area (Å²) in [5.74, 6) is -0.943. The summed E-state index contributed by atoms with van der Waals surface area (Å²) in [5, 5.41) is 0. The first-order valence-electron chi connectivity index (χ1n) is 14.3. The van der Waals surface area contributed by atoms with Crippen LogP contribution in [-0.2, 0) is 30.3 Å². The van der Waals surface area contributed by atoms with Gasteiger partial charge in [0.25, 0.3) is 6.01 Å². The average Bonchev–Trinajstić information content (AvgIpc) is 3.68. The quantitative estimate of drug-likeness (QED) is 0.362. The molecule has 12 heteroatoms. The summed E-state index contributed by atoms with van der Waals surface area (Å²) in [4.78, 5) is 39.0. The lowest BCUT2D eigenvalue weighted by molar-refractivity contribution is -0.141. The van der Waals surface area contributed by atoms with E-state index in [9.17, 15) is 22.8 Å². The number of piperazine rings is 1. The zero-order valence-electron chi connectivity index (χ0n) is 23.1. The van der Waals surface area contributed by atoms with Gasteiger partial charge in [0, 0.05) is 51.9 Å². The number of nitrogens with zero attached hydrogens (tertiary/aromatic N) is 5. The Morgan fingerprint density at radius 3 is 2.38 bits per heavy atom. The molecule has 2 aliphatic heterocycles. The topological polar surface area (TPSA) is 92.0 Å². The number of Topliss-reactive ketones (excluding diaryl/α,β-unsaturated/α-hetero) is 1. The zero-order chi connectivity index (χ0) is 29.3. The maximum absolute atomic E-state index is 13.9. The van der Waals surface area contributed by atoms with Gasteiger partial charge in [-0.05, 0) is 54.9 Å². The van der Waals surface area contributed by atoms with E-state index in [0.717, 1.165) is 36.8 Å². The Balaban J connectivity index is 1.08. The molecule has 0 spiro atoms. The van der Waals surface area contributed by atoms with Gasteiger partial charge in [0.1, 0.15) is 11.9 Å². The molecule has 9 nitrogen and oxygen atoms in total. The number of benzene rings is 1. The highest BCUT2D eigenvalue weighted by molar-refractivity contribution is 5.96. The van der Waals surface area contributed by atoms with E-state index in [1.165, 1.54) is 6.20 Å². The molecule has 1 aromatic carbocycles. The number of hydrogen-bond donors (Lipinski definition) is 0. The molecule has 1 saturated heterocycles. The summed E-state index contributed by atoms with van der Waals surface area (Å²) in [5.41, 5.74) is 1.27. The Kier molecular flexibility index (Phi) is 7.78. The number of oxazole rings is 1. The van der Waals surface area contributed by atoms with E-state index in [4.69, 9.17) is 9.15 Å². The van der Waals surface area contributed by atoms with Crippen molar-refractivity contribution in [2.24, 2.45) is 0 Å². The SMILES string of the molecule is O=C(Cc1ccc(N2CCN(C(=O)OC3CCCC3)CC2)nc1)c1oc(N2CCc3ccccc3C2)nc1C(F)(F)F. The molecule has 1 amide bonds. The first-order chi connectivity index (χ1) is 20.2. The van der Waals surface area contributed by atoms with Crippen molar-refractivity contribution in [2.45, 2.75) is 57.3 Å². The summed E-state index contributed by atoms with van der Waals surface area (Å²) in [6, 6.07) is 10.9. The molecule has 3 aromatic rings. The Morgan fingerprint density at radius 2 is 1.69 bits per heavy atom. The molecule has 3 aliphatic rings. The van der Waals surface area contributed by atoms with Crippen LogP contribution in [0.5, 0.6) is 0 Å². The number of carbonyl (C=O) groups is 2. The number of aromatic nitrogens is 2. The standard InChI is InChI=1S/C30H32F3N5O4/c31-30(32,33)27-26(42-28(35-27)38-12-11-21-5-1-2-6-22(21)19-38)24(39)17-20-9-10-25(34-18-20)36-13-15-37(16-14-36)29(40)41-23-7-3-4-8-23/h1-2,5-6,9-10,18,23H,3-4,7-8,11-17,19H2. The van der Waals surface area contributed by atoms with Gasteiger partial charge < -0.3 is 23.9 Å². The number of rotatable bonds is 6. The van der Waals surface area contributed by atoms with Crippen LogP contribution in [0.3, 0.4) is 0 Å². The number of ketones is 1. The Labute approximate surface area is 241 Å². The first-order valence-corrected chi connectivity index (χ1v) is 14.3. The molecule has 0 unspecified atom stereocenters. The van der Waals surface area contributed by atoms with Crippen molar-refractivity contribution < 1.29 is 31.9 Å². The molecule has 0 N–H and O–H groups in total. The van der Waals surface area contributed by atoms with Gasteiger partial charge in [-0.1, -0.05) is 30.3 Å². The summed E-state index contributed by atoms with van der Waals surface area (Å²) >= 11 is 0. The van der Waals surface area contributed by atoms with Crippen LogP contribution in [0.15, 0.2) is 47.0 Å².